The fraction of sp³-hybridized carbons (Fsp3) is 0.133. The highest BCUT2D eigenvalue weighted by Gasteiger charge is 2.08. The minimum absolute atomic E-state index is 0.0530. The SMILES string of the molecule is CN(Cc1cc(F)ccc1Br)c1cccc(C(N)=NO)c1. The quantitative estimate of drug-likeness (QED) is 0.384. The summed E-state index contributed by atoms with van der Waals surface area (Å²) >= 11 is 3.41. The second-order valence-corrected chi connectivity index (χ2v) is 5.48. The summed E-state index contributed by atoms with van der Waals surface area (Å²) in [5, 5.41) is 11.7. The number of hydrogen-bond donors (Lipinski definition) is 2. The van der Waals surface area contributed by atoms with Gasteiger partial charge in [-0.15, -0.1) is 0 Å². The number of oxime groups is 1. The number of nitrogens with zero attached hydrogens (tertiary/aromatic N) is 2. The van der Waals surface area contributed by atoms with Gasteiger partial charge in [0.15, 0.2) is 5.84 Å². The molecule has 6 heteroatoms. The molecule has 2 aromatic carbocycles. The van der Waals surface area contributed by atoms with Gasteiger partial charge in [-0.2, -0.15) is 0 Å². The van der Waals surface area contributed by atoms with Crippen LogP contribution in [0.3, 0.4) is 0 Å². The van der Waals surface area contributed by atoms with Gasteiger partial charge in [-0.3, -0.25) is 0 Å². The van der Waals surface area contributed by atoms with E-state index in [0.717, 1.165) is 15.7 Å². The van der Waals surface area contributed by atoms with Crippen LogP contribution in [-0.4, -0.2) is 18.1 Å². The van der Waals surface area contributed by atoms with Gasteiger partial charge in [0.2, 0.25) is 0 Å². The number of nitrogens with two attached hydrogens (primary N) is 1. The maximum atomic E-state index is 13.3. The first kappa shape index (κ1) is 15.3. The Bertz CT molecular complexity index is 676. The van der Waals surface area contributed by atoms with Gasteiger partial charge in [-0.1, -0.05) is 33.2 Å². The van der Waals surface area contributed by atoms with Gasteiger partial charge in [0, 0.05) is 29.3 Å². The third-order valence-electron chi connectivity index (χ3n) is 3.11. The van der Waals surface area contributed by atoms with E-state index in [1.165, 1.54) is 12.1 Å². The van der Waals surface area contributed by atoms with Gasteiger partial charge >= 0.3 is 0 Å². The van der Waals surface area contributed by atoms with Crippen LogP contribution in [0.4, 0.5) is 10.1 Å². The maximum Gasteiger partial charge on any atom is 0.170 e. The molecule has 0 amide bonds. The summed E-state index contributed by atoms with van der Waals surface area (Å²) in [5.41, 5.74) is 7.93. The number of halogens is 2. The molecule has 0 radical (unpaired) electrons. The predicted octanol–water partition coefficient (Wildman–Crippen LogP) is 3.32. The summed E-state index contributed by atoms with van der Waals surface area (Å²) in [5.74, 6) is -0.218. The van der Waals surface area contributed by atoms with Crippen molar-refractivity contribution >= 4 is 27.5 Å². The Morgan fingerprint density at radius 3 is 2.81 bits per heavy atom. The molecule has 0 heterocycles. The fourth-order valence-electron chi connectivity index (χ4n) is 1.97. The predicted molar refractivity (Wildman–Crippen MR) is 85.2 cm³/mol. The zero-order valence-electron chi connectivity index (χ0n) is 11.4. The van der Waals surface area contributed by atoms with E-state index in [0.29, 0.717) is 12.1 Å². The van der Waals surface area contributed by atoms with Gasteiger partial charge in [0.1, 0.15) is 5.82 Å². The summed E-state index contributed by atoms with van der Waals surface area (Å²) in [4.78, 5) is 1.95. The van der Waals surface area contributed by atoms with Gasteiger partial charge in [-0.25, -0.2) is 4.39 Å². The molecule has 21 heavy (non-hydrogen) atoms. The highest BCUT2D eigenvalue weighted by molar-refractivity contribution is 9.10. The number of anilines is 1. The number of benzene rings is 2. The van der Waals surface area contributed by atoms with Crippen molar-refractivity contribution in [2.45, 2.75) is 6.54 Å². The van der Waals surface area contributed by atoms with E-state index in [4.69, 9.17) is 10.9 Å². The Kier molecular flexibility index (Phi) is 4.80. The summed E-state index contributed by atoms with van der Waals surface area (Å²) in [6, 6.07) is 11.9. The zero-order chi connectivity index (χ0) is 15.4. The minimum atomic E-state index is -0.271. The number of amidine groups is 1. The average Bonchev–Trinajstić information content (AvgIpc) is 2.50. The highest BCUT2D eigenvalue weighted by Crippen LogP contribution is 2.22. The summed E-state index contributed by atoms with van der Waals surface area (Å²) in [6.07, 6.45) is 0. The van der Waals surface area contributed by atoms with Crippen LogP contribution in [0.1, 0.15) is 11.1 Å². The Labute approximate surface area is 130 Å². The van der Waals surface area contributed by atoms with Crippen molar-refractivity contribution in [3.05, 3.63) is 63.9 Å². The summed E-state index contributed by atoms with van der Waals surface area (Å²) < 4.78 is 14.2. The van der Waals surface area contributed by atoms with Crippen LogP contribution < -0.4 is 10.6 Å². The van der Waals surface area contributed by atoms with Crippen molar-refractivity contribution in [3.8, 4) is 0 Å². The van der Waals surface area contributed by atoms with Gasteiger partial charge in [0.05, 0.1) is 0 Å². The maximum absolute atomic E-state index is 13.3. The topological polar surface area (TPSA) is 61.8 Å². The van der Waals surface area contributed by atoms with E-state index < -0.39 is 0 Å². The smallest absolute Gasteiger partial charge is 0.170 e. The van der Waals surface area contributed by atoms with Gasteiger partial charge < -0.3 is 15.8 Å². The minimum Gasteiger partial charge on any atom is -0.409 e. The lowest BCUT2D eigenvalue weighted by molar-refractivity contribution is 0.318. The molecule has 2 aromatic rings. The first-order valence-corrected chi connectivity index (χ1v) is 7.03. The van der Waals surface area contributed by atoms with Crippen LogP contribution in [0.2, 0.25) is 0 Å². The lowest BCUT2D eigenvalue weighted by Crippen LogP contribution is -2.18. The number of hydrogen-bond acceptors (Lipinski definition) is 3. The molecule has 4 nitrogen and oxygen atoms in total. The molecular formula is C15H15BrFN3O. The van der Waals surface area contributed by atoms with Crippen LogP contribution in [0.15, 0.2) is 52.1 Å². The van der Waals surface area contributed by atoms with Crippen molar-refractivity contribution in [2.24, 2.45) is 10.9 Å². The third-order valence-corrected chi connectivity index (χ3v) is 3.88. The standard InChI is InChI=1S/C15H15BrFN3O/c1-20(9-11-7-12(17)5-6-14(11)16)13-4-2-3-10(8-13)15(18)19-21/h2-8,21H,9H2,1H3,(H2,18,19). The Hall–Kier alpha value is -2.08. The van der Waals surface area contributed by atoms with Crippen LogP contribution in [0.25, 0.3) is 0 Å². The van der Waals surface area contributed by atoms with Crippen LogP contribution in [-0.2, 0) is 6.54 Å². The molecule has 0 atom stereocenters. The molecule has 0 aliphatic heterocycles. The van der Waals surface area contributed by atoms with Crippen LogP contribution >= 0.6 is 15.9 Å². The van der Waals surface area contributed by atoms with Gasteiger partial charge in [-0.05, 0) is 35.9 Å². The van der Waals surface area contributed by atoms with Crippen LogP contribution in [0, 0.1) is 5.82 Å². The molecule has 0 aromatic heterocycles. The molecular weight excluding hydrogens is 337 g/mol. The molecule has 110 valence electrons. The molecule has 2 rings (SSSR count). The van der Waals surface area contributed by atoms with E-state index in [9.17, 15) is 4.39 Å². The molecule has 3 N–H and O–H groups in total. The van der Waals surface area contributed by atoms with E-state index in [1.54, 1.807) is 12.1 Å². The molecule has 0 bridgehead atoms. The van der Waals surface area contributed by atoms with Crippen LogP contribution in [0.5, 0.6) is 0 Å². The molecule has 0 aliphatic carbocycles. The molecule has 0 saturated heterocycles. The summed E-state index contributed by atoms with van der Waals surface area (Å²) in [7, 11) is 1.89. The van der Waals surface area contributed by atoms with E-state index >= 15 is 0 Å². The zero-order valence-corrected chi connectivity index (χ0v) is 13.0. The normalized spacial score (nSPS) is 11.5. The molecule has 0 fully saturated rings. The summed E-state index contributed by atoms with van der Waals surface area (Å²) in [6.45, 7) is 0.526. The lowest BCUT2D eigenvalue weighted by Gasteiger charge is -2.21. The van der Waals surface area contributed by atoms with E-state index in [1.807, 2.05) is 30.1 Å². The van der Waals surface area contributed by atoms with Gasteiger partial charge in [0.25, 0.3) is 0 Å². The molecule has 0 aliphatic rings. The first-order valence-electron chi connectivity index (χ1n) is 6.24. The average molecular weight is 352 g/mol. The van der Waals surface area contributed by atoms with E-state index in [2.05, 4.69) is 21.1 Å². The van der Waals surface area contributed by atoms with Crippen molar-refractivity contribution in [2.75, 3.05) is 11.9 Å². The fourth-order valence-corrected chi connectivity index (χ4v) is 2.34. The largest absolute Gasteiger partial charge is 0.409 e. The Balaban J connectivity index is 2.24. The van der Waals surface area contributed by atoms with Crippen molar-refractivity contribution in [1.29, 1.82) is 0 Å². The third kappa shape index (κ3) is 3.72. The van der Waals surface area contributed by atoms with Crippen molar-refractivity contribution < 1.29 is 9.60 Å². The van der Waals surface area contributed by atoms with Crippen molar-refractivity contribution in [1.82, 2.24) is 0 Å². The highest BCUT2D eigenvalue weighted by atomic mass is 79.9. The lowest BCUT2D eigenvalue weighted by atomic mass is 10.1. The molecule has 0 saturated carbocycles. The van der Waals surface area contributed by atoms with E-state index in [-0.39, 0.29) is 11.7 Å². The Morgan fingerprint density at radius 1 is 1.33 bits per heavy atom. The number of rotatable bonds is 4. The first-order chi connectivity index (χ1) is 10.0. The second kappa shape index (κ2) is 6.58. The Morgan fingerprint density at radius 2 is 2.10 bits per heavy atom. The van der Waals surface area contributed by atoms with Crippen molar-refractivity contribution in [3.63, 3.8) is 0 Å². The second-order valence-electron chi connectivity index (χ2n) is 4.63. The monoisotopic (exact) mass is 351 g/mol. The molecule has 0 unspecified atom stereocenters. The molecule has 0 spiro atoms.